The predicted octanol–water partition coefficient (Wildman–Crippen LogP) is -0.438. The Morgan fingerprint density at radius 3 is 1.38 bits per heavy atom. The van der Waals surface area contributed by atoms with E-state index < -0.39 is 10.4 Å². The Morgan fingerprint density at radius 2 is 1.23 bits per heavy atom. The van der Waals surface area contributed by atoms with Gasteiger partial charge in [-0.3, -0.25) is 9.11 Å². The Kier molecular flexibility index (Phi) is 5.42. The van der Waals surface area contributed by atoms with Gasteiger partial charge in [0.25, 0.3) is 0 Å². The van der Waals surface area contributed by atoms with Crippen LogP contribution in [0.1, 0.15) is 25.7 Å². The number of nitrogens with two attached hydrogens (primary N) is 2. The van der Waals surface area contributed by atoms with Gasteiger partial charge in [-0.2, -0.15) is 8.42 Å². The van der Waals surface area contributed by atoms with E-state index in [0.29, 0.717) is 0 Å². The van der Waals surface area contributed by atoms with Gasteiger partial charge in [0.2, 0.25) is 0 Å². The molecular formula is C6H16N2O4S. The van der Waals surface area contributed by atoms with Gasteiger partial charge in [0.1, 0.15) is 0 Å². The first-order chi connectivity index (χ1) is 5.80. The van der Waals surface area contributed by atoms with Crippen LogP contribution in [0, 0.1) is 0 Å². The lowest BCUT2D eigenvalue weighted by Crippen LogP contribution is -2.43. The Bertz CT molecular complexity index is 211. The van der Waals surface area contributed by atoms with Crippen molar-refractivity contribution in [3.63, 3.8) is 0 Å². The van der Waals surface area contributed by atoms with Crippen LogP contribution in [0.15, 0.2) is 0 Å². The van der Waals surface area contributed by atoms with E-state index in [1.165, 1.54) is 12.8 Å². The van der Waals surface area contributed by atoms with Crippen LogP contribution in [0.4, 0.5) is 0 Å². The fourth-order valence-corrected chi connectivity index (χ4v) is 1.19. The molecule has 0 heterocycles. The number of rotatable bonds is 0. The zero-order chi connectivity index (χ0) is 10.5. The van der Waals surface area contributed by atoms with E-state index in [1.54, 1.807) is 0 Å². The Morgan fingerprint density at radius 1 is 1.00 bits per heavy atom. The molecule has 1 rings (SSSR count). The van der Waals surface area contributed by atoms with Crippen molar-refractivity contribution in [2.45, 2.75) is 37.8 Å². The standard InChI is InChI=1S/C6H14N2.H2O4S/c7-5-3-1-2-4-6(5)8;1-5(2,3)4/h5-6H,1-4,7-8H2;(H2,1,2,3,4)/t5-,6-;/m1./s1. The second kappa shape index (κ2) is 5.51. The highest BCUT2D eigenvalue weighted by Crippen LogP contribution is 2.14. The molecule has 7 heteroatoms. The molecule has 0 aromatic carbocycles. The maximum atomic E-state index is 8.74. The molecule has 1 fully saturated rings. The van der Waals surface area contributed by atoms with Crippen LogP contribution in [-0.4, -0.2) is 29.6 Å². The number of hydrogen-bond donors (Lipinski definition) is 4. The third-order valence-electron chi connectivity index (χ3n) is 1.87. The molecule has 0 aromatic rings. The van der Waals surface area contributed by atoms with E-state index >= 15 is 0 Å². The van der Waals surface area contributed by atoms with Gasteiger partial charge in [-0.25, -0.2) is 0 Å². The molecule has 0 unspecified atom stereocenters. The van der Waals surface area contributed by atoms with Gasteiger partial charge in [-0.1, -0.05) is 12.8 Å². The summed E-state index contributed by atoms with van der Waals surface area (Å²) in [4.78, 5) is 0. The first-order valence-corrected chi connectivity index (χ1v) is 5.41. The average Bonchev–Trinajstić information content (AvgIpc) is 1.92. The van der Waals surface area contributed by atoms with Crippen molar-refractivity contribution in [2.75, 3.05) is 0 Å². The normalized spacial score (nSPS) is 28.9. The fraction of sp³-hybridized carbons (Fsp3) is 1.00. The molecule has 0 aliphatic heterocycles. The second-order valence-corrected chi connectivity index (χ2v) is 3.96. The number of hydrogen-bond acceptors (Lipinski definition) is 4. The van der Waals surface area contributed by atoms with E-state index in [2.05, 4.69) is 0 Å². The second-order valence-electron chi connectivity index (χ2n) is 3.06. The molecule has 0 bridgehead atoms. The molecule has 1 saturated carbocycles. The quantitative estimate of drug-likeness (QED) is 0.403. The van der Waals surface area contributed by atoms with Crippen LogP contribution >= 0.6 is 0 Å². The fourth-order valence-electron chi connectivity index (χ4n) is 1.19. The van der Waals surface area contributed by atoms with Crippen LogP contribution in [0.3, 0.4) is 0 Å². The molecule has 0 saturated heterocycles. The summed E-state index contributed by atoms with van der Waals surface area (Å²) < 4.78 is 31.6. The average molecular weight is 212 g/mol. The minimum absolute atomic E-state index is 0.281. The molecule has 0 aromatic heterocycles. The molecule has 1 aliphatic carbocycles. The summed E-state index contributed by atoms with van der Waals surface area (Å²) in [7, 11) is -4.67. The van der Waals surface area contributed by atoms with E-state index in [1.807, 2.05) is 0 Å². The lowest BCUT2D eigenvalue weighted by atomic mass is 9.92. The zero-order valence-electron chi connectivity index (χ0n) is 7.26. The molecule has 80 valence electrons. The summed E-state index contributed by atoms with van der Waals surface area (Å²) in [5.74, 6) is 0. The van der Waals surface area contributed by atoms with Gasteiger partial charge >= 0.3 is 10.4 Å². The molecule has 1 aliphatic rings. The minimum Gasteiger partial charge on any atom is -0.326 e. The van der Waals surface area contributed by atoms with Crippen LogP contribution in [-0.2, 0) is 10.4 Å². The van der Waals surface area contributed by atoms with Gasteiger partial charge < -0.3 is 11.5 Å². The van der Waals surface area contributed by atoms with Crippen molar-refractivity contribution in [3.05, 3.63) is 0 Å². The van der Waals surface area contributed by atoms with E-state index in [4.69, 9.17) is 29.0 Å². The van der Waals surface area contributed by atoms with Crippen LogP contribution < -0.4 is 11.5 Å². The minimum atomic E-state index is -4.67. The summed E-state index contributed by atoms with van der Waals surface area (Å²) >= 11 is 0. The lowest BCUT2D eigenvalue weighted by molar-refractivity contribution is 0.381. The molecule has 6 N–H and O–H groups in total. The largest absolute Gasteiger partial charge is 0.394 e. The maximum absolute atomic E-state index is 8.74. The van der Waals surface area contributed by atoms with Gasteiger partial charge in [-0.15, -0.1) is 0 Å². The third kappa shape index (κ3) is 9.71. The van der Waals surface area contributed by atoms with Crippen molar-refractivity contribution in [3.8, 4) is 0 Å². The lowest BCUT2D eigenvalue weighted by Gasteiger charge is -2.24. The van der Waals surface area contributed by atoms with Crippen LogP contribution in [0.25, 0.3) is 0 Å². The first kappa shape index (κ1) is 12.8. The van der Waals surface area contributed by atoms with E-state index in [0.717, 1.165) is 12.8 Å². The van der Waals surface area contributed by atoms with Gasteiger partial charge in [-0.05, 0) is 12.8 Å². The molecular weight excluding hydrogens is 196 g/mol. The Hall–Kier alpha value is -0.210. The Labute approximate surface area is 77.9 Å². The van der Waals surface area contributed by atoms with Gasteiger partial charge in [0, 0.05) is 12.1 Å². The predicted molar refractivity (Wildman–Crippen MR) is 48.6 cm³/mol. The monoisotopic (exact) mass is 212 g/mol. The Balaban J connectivity index is 0.000000252. The summed E-state index contributed by atoms with van der Waals surface area (Å²) in [6.07, 6.45) is 4.80. The summed E-state index contributed by atoms with van der Waals surface area (Å²) in [6, 6.07) is 0.562. The highest BCUT2D eigenvalue weighted by atomic mass is 32.3. The highest BCUT2D eigenvalue weighted by Gasteiger charge is 2.16. The van der Waals surface area contributed by atoms with Crippen molar-refractivity contribution >= 4 is 10.4 Å². The molecule has 13 heavy (non-hydrogen) atoms. The van der Waals surface area contributed by atoms with Crippen LogP contribution in [0.2, 0.25) is 0 Å². The topological polar surface area (TPSA) is 127 Å². The summed E-state index contributed by atoms with van der Waals surface area (Å²) in [6.45, 7) is 0. The van der Waals surface area contributed by atoms with E-state index in [-0.39, 0.29) is 12.1 Å². The van der Waals surface area contributed by atoms with Gasteiger partial charge in [0.15, 0.2) is 0 Å². The molecule has 6 nitrogen and oxygen atoms in total. The maximum Gasteiger partial charge on any atom is 0.394 e. The molecule has 2 atom stereocenters. The van der Waals surface area contributed by atoms with Crippen molar-refractivity contribution in [1.82, 2.24) is 0 Å². The molecule has 0 radical (unpaired) electrons. The molecule has 0 amide bonds. The summed E-state index contributed by atoms with van der Waals surface area (Å²) in [5.41, 5.74) is 11.3. The zero-order valence-corrected chi connectivity index (χ0v) is 8.07. The first-order valence-electron chi connectivity index (χ1n) is 4.01. The van der Waals surface area contributed by atoms with E-state index in [9.17, 15) is 0 Å². The van der Waals surface area contributed by atoms with Crippen molar-refractivity contribution < 1.29 is 17.5 Å². The summed E-state index contributed by atoms with van der Waals surface area (Å²) in [5, 5.41) is 0. The highest BCUT2D eigenvalue weighted by molar-refractivity contribution is 7.79. The van der Waals surface area contributed by atoms with Crippen LogP contribution in [0.5, 0.6) is 0 Å². The smallest absolute Gasteiger partial charge is 0.326 e. The van der Waals surface area contributed by atoms with Gasteiger partial charge in [0.05, 0.1) is 0 Å². The SMILES string of the molecule is N[C@@H]1CCCC[C@H]1N.O=S(=O)(O)O. The third-order valence-corrected chi connectivity index (χ3v) is 1.87. The van der Waals surface area contributed by atoms with Crippen molar-refractivity contribution in [1.29, 1.82) is 0 Å². The molecule has 0 spiro atoms. The van der Waals surface area contributed by atoms with Crippen molar-refractivity contribution in [2.24, 2.45) is 11.5 Å².